The van der Waals surface area contributed by atoms with Crippen LogP contribution < -0.4 is 4.72 Å². The van der Waals surface area contributed by atoms with Gasteiger partial charge in [-0.1, -0.05) is 0 Å². The van der Waals surface area contributed by atoms with Gasteiger partial charge in [0.1, 0.15) is 10.7 Å². The summed E-state index contributed by atoms with van der Waals surface area (Å²) in [7, 11) is -7.31. The van der Waals surface area contributed by atoms with Gasteiger partial charge < -0.3 is 0 Å². The van der Waals surface area contributed by atoms with Gasteiger partial charge in [-0.15, -0.1) is 0 Å². The quantitative estimate of drug-likeness (QED) is 0.695. The maximum Gasteiger partial charge on any atom is 0.245 e. The minimum atomic E-state index is -3.89. The van der Waals surface area contributed by atoms with E-state index in [1.807, 2.05) is 0 Å². The maximum atomic E-state index is 13.3. The summed E-state index contributed by atoms with van der Waals surface area (Å²) in [6.07, 6.45) is 2.13. The zero-order valence-electron chi connectivity index (χ0n) is 12.1. The molecule has 1 fully saturated rings. The van der Waals surface area contributed by atoms with Crippen molar-refractivity contribution in [2.24, 2.45) is 0 Å². The number of halogens is 3. The summed E-state index contributed by atoms with van der Waals surface area (Å²) in [6, 6.07) is 1.67. The second-order valence-electron chi connectivity index (χ2n) is 5.29. The van der Waals surface area contributed by atoms with Crippen LogP contribution in [0.2, 0.25) is 0 Å². The molecule has 6 nitrogen and oxygen atoms in total. The Bertz CT molecular complexity index is 791. The summed E-state index contributed by atoms with van der Waals surface area (Å²) in [5, 5.41) is 0. The first-order valence-corrected chi connectivity index (χ1v) is 11.5. The van der Waals surface area contributed by atoms with E-state index in [2.05, 4.69) is 36.6 Å². The second-order valence-corrected chi connectivity index (χ2v) is 10.7. The molecule has 2 rings (SSSR count). The topological polar surface area (TPSA) is 83.6 Å². The molecule has 0 aromatic heterocycles. The molecule has 1 saturated heterocycles. The summed E-state index contributed by atoms with van der Waals surface area (Å²) < 4.78 is 65.5. The molecule has 1 unspecified atom stereocenters. The smallest absolute Gasteiger partial charge is 0.213 e. The molecule has 0 spiro atoms. The van der Waals surface area contributed by atoms with Gasteiger partial charge in [0, 0.05) is 28.1 Å². The highest BCUT2D eigenvalue weighted by atomic mass is 79.9. The molecular formula is C12H15Br2FN2O4S2. The number of nitrogens with zero attached hydrogens (tertiary/aromatic N) is 1. The minimum Gasteiger partial charge on any atom is -0.213 e. The van der Waals surface area contributed by atoms with Crippen LogP contribution in [0.4, 0.5) is 4.39 Å². The van der Waals surface area contributed by atoms with Crippen LogP contribution in [0.1, 0.15) is 12.8 Å². The van der Waals surface area contributed by atoms with Crippen molar-refractivity contribution in [3.63, 3.8) is 0 Å². The van der Waals surface area contributed by atoms with Gasteiger partial charge in [0.05, 0.1) is 6.26 Å². The van der Waals surface area contributed by atoms with Crippen LogP contribution in [-0.4, -0.2) is 46.5 Å². The summed E-state index contributed by atoms with van der Waals surface area (Å²) in [6.45, 7) is 0.312. The third kappa shape index (κ3) is 4.73. The lowest BCUT2D eigenvalue weighted by Crippen LogP contribution is -2.49. The highest BCUT2D eigenvalue weighted by molar-refractivity contribution is 9.11. The van der Waals surface area contributed by atoms with Crippen molar-refractivity contribution in [2.75, 3.05) is 19.3 Å². The van der Waals surface area contributed by atoms with Crippen LogP contribution in [0.3, 0.4) is 0 Å². The first-order chi connectivity index (χ1) is 10.5. The van der Waals surface area contributed by atoms with Crippen LogP contribution in [-0.2, 0) is 20.0 Å². The molecule has 1 aliphatic heterocycles. The second kappa shape index (κ2) is 7.04. The molecule has 0 bridgehead atoms. The molecule has 1 atom stereocenters. The lowest BCUT2D eigenvalue weighted by atomic mass is 10.1. The largest absolute Gasteiger partial charge is 0.245 e. The Kier molecular flexibility index (Phi) is 5.90. The number of hydrogen-bond donors (Lipinski definition) is 1. The molecule has 1 heterocycles. The highest BCUT2D eigenvalue weighted by Gasteiger charge is 2.34. The van der Waals surface area contributed by atoms with Crippen LogP contribution in [0.5, 0.6) is 0 Å². The summed E-state index contributed by atoms with van der Waals surface area (Å²) in [5.74, 6) is -0.571. The zero-order valence-corrected chi connectivity index (χ0v) is 16.9. The maximum absolute atomic E-state index is 13.3. The Hall–Kier alpha value is -0.0700. The molecule has 1 N–H and O–H groups in total. The Morgan fingerprint density at radius 3 is 2.30 bits per heavy atom. The van der Waals surface area contributed by atoms with Crippen LogP contribution in [0.15, 0.2) is 26.0 Å². The number of sulfonamides is 2. The van der Waals surface area contributed by atoms with Crippen LogP contribution in [0, 0.1) is 5.82 Å². The van der Waals surface area contributed by atoms with E-state index in [1.54, 1.807) is 0 Å². The van der Waals surface area contributed by atoms with E-state index in [0.29, 0.717) is 12.8 Å². The molecule has 1 aromatic carbocycles. The third-order valence-electron chi connectivity index (χ3n) is 3.33. The molecule has 23 heavy (non-hydrogen) atoms. The van der Waals surface area contributed by atoms with Gasteiger partial charge in [-0.3, -0.25) is 0 Å². The predicted octanol–water partition coefficient (Wildman–Crippen LogP) is 2.05. The number of nitrogens with one attached hydrogen (secondary N) is 1. The average molecular weight is 494 g/mol. The van der Waals surface area contributed by atoms with Gasteiger partial charge >= 0.3 is 0 Å². The van der Waals surface area contributed by atoms with Gasteiger partial charge in [-0.05, 0) is 56.8 Å². The molecule has 11 heteroatoms. The summed E-state index contributed by atoms with van der Waals surface area (Å²) in [4.78, 5) is -0.0705. The van der Waals surface area contributed by atoms with Crippen molar-refractivity contribution >= 4 is 51.9 Å². The molecule has 0 saturated carbocycles. The lowest BCUT2D eigenvalue weighted by molar-refractivity contribution is 0.303. The predicted molar refractivity (Wildman–Crippen MR) is 91.6 cm³/mol. The van der Waals surface area contributed by atoms with E-state index in [1.165, 1.54) is 4.31 Å². The van der Waals surface area contributed by atoms with Gasteiger partial charge in [-0.25, -0.2) is 25.9 Å². The Morgan fingerprint density at radius 2 is 1.78 bits per heavy atom. The fourth-order valence-corrected chi connectivity index (χ4v) is 7.23. The van der Waals surface area contributed by atoms with Crippen LogP contribution >= 0.6 is 31.9 Å². The Labute approximate surface area is 151 Å². The van der Waals surface area contributed by atoms with Crippen molar-refractivity contribution in [1.29, 1.82) is 0 Å². The van der Waals surface area contributed by atoms with Crippen molar-refractivity contribution < 1.29 is 21.2 Å². The summed E-state index contributed by atoms with van der Waals surface area (Å²) >= 11 is 6.15. The van der Waals surface area contributed by atoms with Gasteiger partial charge in [0.2, 0.25) is 20.0 Å². The molecule has 0 radical (unpaired) electrons. The SMILES string of the molecule is CS(=O)(=O)NC1CCCN(S(=O)(=O)c2c(Br)cc(F)cc2Br)C1. The molecular weight excluding hydrogens is 479 g/mol. The lowest BCUT2D eigenvalue weighted by Gasteiger charge is -2.32. The minimum absolute atomic E-state index is 0.0334. The average Bonchev–Trinajstić information content (AvgIpc) is 2.35. The van der Waals surface area contributed by atoms with E-state index in [-0.39, 0.29) is 26.9 Å². The number of hydrogen-bond acceptors (Lipinski definition) is 4. The van der Waals surface area contributed by atoms with Crippen LogP contribution in [0.25, 0.3) is 0 Å². The normalized spacial score (nSPS) is 20.6. The van der Waals surface area contributed by atoms with E-state index >= 15 is 0 Å². The molecule has 1 aromatic rings. The molecule has 130 valence electrons. The molecule has 0 aliphatic carbocycles. The first kappa shape index (κ1) is 19.3. The number of piperidine rings is 1. The highest BCUT2D eigenvalue weighted by Crippen LogP contribution is 2.34. The van der Waals surface area contributed by atoms with Crippen molar-refractivity contribution in [3.8, 4) is 0 Å². The number of rotatable bonds is 4. The van der Waals surface area contributed by atoms with Crippen molar-refractivity contribution in [2.45, 2.75) is 23.8 Å². The van der Waals surface area contributed by atoms with Gasteiger partial charge in [0.25, 0.3) is 0 Å². The third-order valence-corrected chi connectivity index (χ3v) is 7.83. The Morgan fingerprint density at radius 1 is 1.22 bits per heavy atom. The monoisotopic (exact) mass is 492 g/mol. The molecule has 0 amide bonds. The van der Waals surface area contributed by atoms with E-state index in [4.69, 9.17) is 0 Å². The fraction of sp³-hybridized carbons (Fsp3) is 0.500. The number of benzene rings is 1. The zero-order chi connectivity index (χ0) is 17.4. The standard InChI is InChI=1S/C12H15Br2FN2O4S2/c1-22(18,19)16-9-3-2-4-17(7-9)23(20,21)12-10(13)5-8(15)6-11(12)14/h5-6,9,16H,2-4,7H2,1H3. The van der Waals surface area contributed by atoms with Crippen molar-refractivity contribution in [3.05, 3.63) is 26.9 Å². The van der Waals surface area contributed by atoms with E-state index in [9.17, 15) is 21.2 Å². The first-order valence-electron chi connectivity index (χ1n) is 6.63. The summed E-state index contributed by atoms with van der Waals surface area (Å²) in [5.41, 5.74) is 0. The van der Waals surface area contributed by atoms with E-state index < -0.39 is 31.9 Å². The van der Waals surface area contributed by atoms with Crippen molar-refractivity contribution in [1.82, 2.24) is 9.03 Å². The van der Waals surface area contributed by atoms with Gasteiger partial charge in [0.15, 0.2) is 0 Å². The Balaban J connectivity index is 2.33. The fourth-order valence-electron chi connectivity index (χ4n) is 2.46. The molecule has 1 aliphatic rings. The van der Waals surface area contributed by atoms with Gasteiger partial charge in [-0.2, -0.15) is 4.31 Å². The van der Waals surface area contributed by atoms with E-state index in [0.717, 1.165) is 18.4 Å².